The first-order chi connectivity index (χ1) is 10.1. The highest BCUT2D eigenvalue weighted by Gasteiger charge is 2.33. The van der Waals surface area contributed by atoms with Crippen LogP contribution in [0.1, 0.15) is 72.6 Å². The molecule has 0 aromatic rings. The van der Waals surface area contributed by atoms with Crippen LogP contribution >= 0.6 is 0 Å². The maximum atomic E-state index is 3.77. The number of likely N-dealkylation sites (tertiary alicyclic amines) is 1. The van der Waals surface area contributed by atoms with Gasteiger partial charge < -0.3 is 10.2 Å². The molecule has 3 unspecified atom stereocenters. The van der Waals surface area contributed by atoms with E-state index in [2.05, 4.69) is 37.9 Å². The average molecular weight is 295 g/mol. The lowest BCUT2D eigenvalue weighted by molar-refractivity contribution is 0.0770. The van der Waals surface area contributed by atoms with Crippen molar-refractivity contribution in [2.45, 2.75) is 78.7 Å². The van der Waals surface area contributed by atoms with Crippen LogP contribution in [0.5, 0.6) is 0 Å². The van der Waals surface area contributed by atoms with Gasteiger partial charge in [-0.15, -0.1) is 0 Å². The van der Waals surface area contributed by atoms with Crippen LogP contribution in [0.15, 0.2) is 0 Å². The molecule has 1 saturated carbocycles. The SMILES string of the molecule is CCNC1CCC(CC)CC1CN1CCC(C)(CC)CC1. The molecule has 0 aromatic heterocycles. The fourth-order valence-corrected chi connectivity index (χ4v) is 4.43. The first kappa shape index (κ1) is 17.3. The van der Waals surface area contributed by atoms with Gasteiger partial charge in [-0.1, -0.05) is 40.5 Å². The molecule has 3 atom stereocenters. The lowest BCUT2D eigenvalue weighted by Gasteiger charge is -2.43. The molecule has 0 spiro atoms. The Bertz CT molecular complexity index is 294. The van der Waals surface area contributed by atoms with Crippen molar-refractivity contribution in [1.29, 1.82) is 0 Å². The second-order valence-corrected chi connectivity index (χ2v) is 7.98. The molecule has 0 aromatic carbocycles. The monoisotopic (exact) mass is 294 g/mol. The second-order valence-electron chi connectivity index (χ2n) is 7.98. The molecule has 21 heavy (non-hydrogen) atoms. The predicted molar refractivity (Wildman–Crippen MR) is 92.7 cm³/mol. The van der Waals surface area contributed by atoms with E-state index in [9.17, 15) is 0 Å². The third-order valence-electron chi connectivity index (χ3n) is 6.54. The molecule has 1 heterocycles. The summed E-state index contributed by atoms with van der Waals surface area (Å²) in [6.45, 7) is 14.6. The minimum atomic E-state index is 0.621. The van der Waals surface area contributed by atoms with E-state index in [-0.39, 0.29) is 0 Å². The van der Waals surface area contributed by atoms with Crippen LogP contribution in [0.4, 0.5) is 0 Å². The summed E-state index contributed by atoms with van der Waals surface area (Å²) in [6.07, 6.45) is 9.83. The van der Waals surface area contributed by atoms with Gasteiger partial charge in [-0.3, -0.25) is 0 Å². The minimum absolute atomic E-state index is 0.621. The second kappa shape index (κ2) is 7.97. The fraction of sp³-hybridized carbons (Fsp3) is 1.00. The number of piperidine rings is 1. The zero-order chi connectivity index (χ0) is 15.3. The highest BCUT2D eigenvalue weighted by atomic mass is 15.1. The van der Waals surface area contributed by atoms with Gasteiger partial charge in [0.15, 0.2) is 0 Å². The van der Waals surface area contributed by atoms with Crippen molar-refractivity contribution in [2.75, 3.05) is 26.2 Å². The fourth-order valence-electron chi connectivity index (χ4n) is 4.43. The Kier molecular flexibility index (Phi) is 6.55. The number of nitrogens with one attached hydrogen (secondary N) is 1. The van der Waals surface area contributed by atoms with Crippen LogP contribution < -0.4 is 5.32 Å². The molecule has 2 nitrogen and oxygen atoms in total. The average Bonchev–Trinajstić information content (AvgIpc) is 2.51. The van der Waals surface area contributed by atoms with E-state index in [1.165, 1.54) is 64.6 Å². The molecular formula is C19H38N2. The summed E-state index contributed by atoms with van der Waals surface area (Å²) >= 11 is 0. The van der Waals surface area contributed by atoms with Crippen LogP contribution in [-0.4, -0.2) is 37.1 Å². The number of hydrogen-bond acceptors (Lipinski definition) is 2. The number of nitrogens with zero attached hydrogens (tertiary/aromatic N) is 1. The van der Waals surface area contributed by atoms with E-state index in [1.54, 1.807) is 0 Å². The highest BCUT2D eigenvalue weighted by molar-refractivity contribution is 4.88. The van der Waals surface area contributed by atoms with E-state index in [0.29, 0.717) is 5.41 Å². The van der Waals surface area contributed by atoms with Gasteiger partial charge in [-0.2, -0.15) is 0 Å². The summed E-state index contributed by atoms with van der Waals surface area (Å²) < 4.78 is 0. The molecule has 0 radical (unpaired) electrons. The molecule has 1 N–H and O–H groups in total. The number of hydrogen-bond donors (Lipinski definition) is 1. The molecule has 2 heteroatoms. The van der Waals surface area contributed by atoms with Gasteiger partial charge in [0.25, 0.3) is 0 Å². The van der Waals surface area contributed by atoms with Gasteiger partial charge in [0.2, 0.25) is 0 Å². The Morgan fingerprint density at radius 3 is 2.38 bits per heavy atom. The third kappa shape index (κ3) is 4.69. The quantitative estimate of drug-likeness (QED) is 0.785. The van der Waals surface area contributed by atoms with Gasteiger partial charge in [0, 0.05) is 12.6 Å². The Morgan fingerprint density at radius 1 is 1.10 bits per heavy atom. The molecule has 2 rings (SSSR count). The van der Waals surface area contributed by atoms with Crippen molar-refractivity contribution < 1.29 is 0 Å². The number of rotatable bonds is 6. The molecule has 1 aliphatic heterocycles. The molecule has 0 amide bonds. The zero-order valence-electron chi connectivity index (χ0n) is 15.0. The summed E-state index contributed by atoms with van der Waals surface area (Å²) in [5.74, 6) is 1.87. The van der Waals surface area contributed by atoms with E-state index in [0.717, 1.165) is 24.4 Å². The Balaban J connectivity index is 1.86. The van der Waals surface area contributed by atoms with Gasteiger partial charge in [0.05, 0.1) is 0 Å². The first-order valence-electron chi connectivity index (χ1n) is 9.56. The minimum Gasteiger partial charge on any atom is -0.314 e. The summed E-state index contributed by atoms with van der Waals surface area (Å²) in [5, 5.41) is 3.77. The van der Waals surface area contributed by atoms with Crippen LogP contribution in [0.25, 0.3) is 0 Å². The predicted octanol–water partition coefficient (Wildman–Crippen LogP) is 4.30. The normalized spacial score (nSPS) is 34.0. The zero-order valence-corrected chi connectivity index (χ0v) is 15.0. The Morgan fingerprint density at radius 2 is 1.81 bits per heavy atom. The molecule has 0 bridgehead atoms. The largest absolute Gasteiger partial charge is 0.314 e. The van der Waals surface area contributed by atoms with E-state index in [1.807, 2.05) is 0 Å². The van der Waals surface area contributed by atoms with Gasteiger partial charge in [-0.05, 0) is 69.0 Å². The van der Waals surface area contributed by atoms with Crippen molar-refractivity contribution >= 4 is 0 Å². The van der Waals surface area contributed by atoms with Crippen LogP contribution in [0, 0.1) is 17.3 Å². The van der Waals surface area contributed by atoms with Crippen molar-refractivity contribution in [3.63, 3.8) is 0 Å². The van der Waals surface area contributed by atoms with E-state index >= 15 is 0 Å². The van der Waals surface area contributed by atoms with E-state index < -0.39 is 0 Å². The topological polar surface area (TPSA) is 15.3 Å². The molecular weight excluding hydrogens is 256 g/mol. The summed E-state index contributed by atoms with van der Waals surface area (Å²) in [6, 6.07) is 0.775. The molecule has 2 aliphatic rings. The maximum Gasteiger partial charge on any atom is 0.0108 e. The van der Waals surface area contributed by atoms with Crippen LogP contribution in [0.3, 0.4) is 0 Å². The van der Waals surface area contributed by atoms with Crippen LogP contribution in [-0.2, 0) is 0 Å². The highest BCUT2D eigenvalue weighted by Crippen LogP contribution is 2.36. The first-order valence-corrected chi connectivity index (χ1v) is 9.56. The molecule has 2 fully saturated rings. The molecule has 1 saturated heterocycles. The van der Waals surface area contributed by atoms with E-state index in [4.69, 9.17) is 0 Å². The maximum absolute atomic E-state index is 3.77. The Hall–Kier alpha value is -0.0800. The van der Waals surface area contributed by atoms with Crippen LogP contribution in [0.2, 0.25) is 0 Å². The molecule has 124 valence electrons. The summed E-state index contributed by atoms with van der Waals surface area (Å²) in [5.41, 5.74) is 0.621. The van der Waals surface area contributed by atoms with Gasteiger partial charge >= 0.3 is 0 Å². The van der Waals surface area contributed by atoms with Crippen molar-refractivity contribution in [3.8, 4) is 0 Å². The standard InChI is InChI=1S/C19H38N2/c1-5-16-8-9-18(20-7-3)17(14-16)15-21-12-10-19(4,6-2)11-13-21/h16-18,20H,5-15H2,1-4H3. The lowest BCUT2D eigenvalue weighted by atomic mass is 9.75. The lowest BCUT2D eigenvalue weighted by Crippen LogP contribution is -2.48. The van der Waals surface area contributed by atoms with Gasteiger partial charge in [-0.25, -0.2) is 0 Å². The van der Waals surface area contributed by atoms with Gasteiger partial charge in [0.1, 0.15) is 0 Å². The van der Waals surface area contributed by atoms with Crippen molar-refractivity contribution in [3.05, 3.63) is 0 Å². The van der Waals surface area contributed by atoms with Crippen molar-refractivity contribution in [2.24, 2.45) is 17.3 Å². The van der Waals surface area contributed by atoms with Crippen molar-refractivity contribution in [1.82, 2.24) is 10.2 Å². The molecule has 1 aliphatic carbocycles. The third-order valence-corrected chi connectivity index (χ3v) is 6.54. The smallest absolute Gasteiger partial charge is 0.0108 e. The Labute approximate surface area is 133 Å². The summed E-state index contributed by atoms with van der Waals surface area (Å²) in [4.78, 5) is 2.77. The summed E-state index contributed by atoms with van der Waals surface area (Å²) in [7, 11) is 0.